The Hall–Kier alpha value is -2.36. The van der Waals surface area contributed by atoms with Gasteiger partial charge in [-0.15, -0.1) is 0 Å². The van der Waals surface area contributed by atoms with E-state index in [2.05, 4.69) is 10.6 Å². The van der Waals surface area contributed by atoms with E-state index in [1.54, 1.807) is 0 Å². The maximum absolute atomic E-state index is 12.8. The van der Waals surface area contributed by atoms with Crippen LogP contribution in [0.2, 0.25) is 0 Å². The third-order valence-corrected chi connectivity index (χ3v) is 2.60. The summed E-state index contributed by atoms with van der Waals surface area (Å²) in [4.78, 5) is 20.9. The molecule has 0 saturated heterocycles. The molecular weight excluding hydrogens is 307 g/mol. The van der Waals surface area contributed by atoms with Crippen molar-refractivity contribution in [2.75, 3.05) is 11.9 Å². The van der Waals surface area contributed by atoms with Crippen LogP contribution in [0.5, 0.6) is 0 Å². The third-order valence-electron chi connectivity index (χ3n) is 2.60. The van der Waals surface area contributed by atoms with Crippen molar-refractivity contribution in [2.24, 2.45) is 0 Å². The lowest BCUT2D eigenvalue weighted by molar-refractivity contribution is -0.388. The zero-order valence-corrected chi connectivity index (χ0v) is 11.5. The van der Waals surface area contributed by atoms with Gasteiger partial charge in [-0.25, -0.2) is 4.79 Å². The van der Waals surface area contributed by atoms with Crippen LogP contribution in [0.3, 0.4) is 0 Å². The highest BCUT2D eigenvalue weighted by Crippen LogP contribution is 2.37. The lowest BCUT2D eigenvalue weighted by atomic mass is 10.1. The van der Waals surface area contributed by atoms with Crippen molar-refractivity contribution in [3.8, 4) is 0 Å². The van der Waals surface area contributed by atoms with E-state index >= 15 is 0 Å². The van der Waals surface area contributed by atoms with E-state index in [0.29, 0.717) is 12.1 Å². The number of nitrogens with one attached hydrogen (secondary N) is 2. The van der Waals surface area contributed by atoms with Gasteiger partial charge in [0.2, 0.25) is 0 Å². The molecule has 0 aromatic heterocycles. The predicted octanol–water partition coefficient (Wildman–Crippen LogP) is 2.51. The molecule has 2 amide bonds. The van der Waals surface area contributed by atoms with Crippen LogP contribution in [-0.4, -0.2) is 28.7 Å². The van der Waals surface area contributed by atoms with E-state index in [4.69, 9.17) is 5.11 Å². The monoisotopic (exact) mass is 321 g/mol. The van der Waals surface area contributed by atoms with Gasteiger partial charge < -0.3 is 15.7 Å². The van der Waals surface area contributed by atoms with Gasteiger partial charge in [-0.2, -0.15) is 13.2 Å². The Morgan fingerprint density at radius 2 is 2.09 bits per heavy atom. The van der Waals surface area contributed by atoms with Crippen molar-refractivity contribution < 1.29 is 28.0 Å². The first-order valence-corrected chi connectivity index (χ1v) is 6.20. The second-order valence-electron chi connectivity index (χ2n) is 4.51. The molecule has 0 heterocycles. The van der Waals surface area contributed by atoms with Gasteiger partial charge in [0.05, 0.1) is 11.0 Å². The molecule has 1 aromatic rings. The SMILES string of the molecule is C[C@H](O)CCNC(=O)Nc1ccc([N+](=O)[O-])c(C(F)(F)F)c1. The molecule has 7 nitrogen and oxygen atoms in total. The van der Waals surface area contributed by atoms with Crippen LogP contribution in [0.1, 0.15) is 18.9 Å². The van der Waals surface area contributed by atoms with E-state index < -0.39 is 34.5 Å². The van der Waals surface area contributed by atoms with Crippen LogP contribution >= 0.6 is 0 Å². The minimum Gasteiger partial charge on any atom is -0.393 e. The number of anilines is 1. The van der Waals surface area contributed by atoms with Crippen LogP contribution in [-0.2, 0) is 6.18 Å². The summed E-state index contributed by atoms with van der Waals surface area (Å²) in [6.45, 7) is 1.65. The molecule has 10 heteroatoms. The topological polar surface area (TPSA) is 104 Å². The first-order chi connectivity index (χ1) is 10.1. The lowest BCUT2D eigenvalue weighted by Gasteiger charge is -2.11. The number of carbonyl (C=O) groups excluding carboxylic acids is 1. The molecule has 3 N–H and O–H groups in total. The van der Waals surface area contributed by atoms with Gasteiger partial charge in [0.25, 0.3) is 5.69 Å². The number of aliphatic hydroxyl groups is 1. The largest absolute Gasteiger partial charge is 0.423 e. The fourth-order valence-electron chi connectivity index (χ4n) is 1.57. The quantitative estimate of drug-likeness (QED) is 0.572. The van der Waals surface area contributed by atoms with Crippen LogP contribution in [0.4, 0.5) is 29.3 Å². The van der Waals surface area contributed by atoms with Crippen LogP contribution in [0.15, 0.2) is 18.2 Å². The number of rotatable bonds is 5. The summed E-state index contributed by atoms with van der Waals surface area (Å²) < 4.78 is 38.3. The number of alkyl halides is 3. The average molecular weight is 321 g/mol. The van der Waals surface area contributed by atoms with Crippen LogP contribution in [0, 0.1) is 10.1 Å². The van der Waals surface area contributed by atoms with Gasteiger partial charge in [-0.05, 0) is 25.5 Å². The van der Waals surface area contributed by atoms with Crippen LogP contribution in [0.25, 0.3) is 0 Å². The molecule has 0 aliphatic rings. The second kappa shape index (κ2) is 7.07. The maximum Gasteiger partial charge on any atom is 0.423 e. The van der Waals surface area contributed by atoms with Crippen molar-refractivity contribution in [1.82, 2.24) is 5.32 Å². The summed E-state index contributed by atoms with van der Waals surface area (Å²) in [5.41, 5.74) is -2.76. The molecule has 0 aliphatic heterocycles. The summed E-state index contributed by atoms with van der Waals surface area (Å²) in [6.07, 6.45) is -5.26. The fourth-order valence-corrected chi connectivity index (χ4v) is 1.57. The molecule has 0 spiro atoms. The first-order valence-electron chi connectivity index (χ1n) is 6.20. The summed E-state index contributed by atoms with van der Waals surface area (Å²) in [7, 11) is 0. The van der Waals surface area contributed by atoms with Gasteiger partial charge in [-0.1, -0.05) is 0 Å². The Labute approximate surface area is 123 Å². The Morgan fingerprint density at radius 1 is 1.45 bits per heavy atom. The molecule has 0 aliphatic carbocycles. The fraction of sp³-hybridized carbons (Fsp3) is 0.417. The Kier molecular flexibility index (Phi) is 5.69. The zero-order valence-electron chi connectivity index (χ0n) is 11.5. The number of halogens is 3. The molecule has 0 unspecified atom stereocenters. The second-order valence-corrected chi connectivity index (χ2v) is 4.51. The molecule has 0 bridgehead atoms. The summed E-state index contributed by atoms with van der Waals surface area (Å²) in [5.74, 6) is 0. The average Bonchev–Trinajstić information content (AvgIpc) is 2.36. The molecule has 0 fully saturated rings. The standard InChI is InChI=1S/C12H14F3N3O4/c1-7(19)4-5-16-11(20)17-8-2-3-10(18(21)22)9(6-8)12(13,14)15/h2-3,6-7,19H,4-5H2,1H3,(H2,16,17,20)/t7-/m0/s1. The van der Waals surface area contributed by atoms with E-state index in [1.165, 1.54) is 6.92 Å². The molecule has 0 radical (unpaired) electrons. The third kappa shape index (κ3) is 5.20. The molecule has 1 rings (SSSR count). The molecule has 1 atom stereocenters. The number of nitro groups is 1. The minimum absolute atomic E-state index is 0.128. The molecule has 1 aromatic carbocycles. The minimum atomic E-state index is -4.91. The Morgan fingerprint density at radius 3 is 2.59 bits per heavy atom. The maximum atomic E-state index is 12.8. The smallest absolute Gasteiger partial charge is 0.393 e. The molecular formula is C12H14F3N3O4. The number of benzene rings is 1. The number of urea groups is 1. The summed E-state index contributed by atoms with van der Waals surface area (Å²) in [5, 5.41) is 24.1. The van der Waals surface area contributed by atoms with Crippen molar-refractivity contribution in [2.45, 2.75) is 25.6 Å². The number of nitrogens with zero attached hydrogens (tertiary/aromatic N) is 1. The highest BCUT2D eigenvalue weighted by Gasteiger charge is 2.38. The van der Waals surface area contributed by atoms with E-state index in [0.717, 1.165) is 6.07 Å². The van der Waals surface area contributed by atoms with Gasteiger partial charge in [0.1, 0.15) is 5.56 Å². The highest BCUT2D eigenvalue weighted by molar-refractivity contribution is 5.89. The van der Waals surface area contributed by atoms with Gasteiger partial charge >= 0.3 is 12.2 Å². The molecule has 122 valence electrons. The van der Waals surface area contributed by atoms with Gasteiger partial charge in [0, 0.05) is 18.3 Å². The van der Waals surface area contributed by atoms with E-state index in [9.17, 15) is 28.1 Å². The van der Waals surface area contributed by atoms with Gasteiger partial charge in [0.15, 0.2) is 0 Å². The van der Waals surface area contributed by atoms with E-state index in [-0.39, 0.29) is 18.7 Å². The lowest BCUT2D eigenvalue weighted by Crippen LogP contribution is -2.31. The number of amides is 2. The van der Waals surface area contributed by atoms with Crippen molar-refractivity contribution in [3.63, 3.8) is 0 Å². The predicted molar refractivity (Wildman–Crippen MR) is 71.4 cm³/mol. The Balaban J connectivity index is 2.85. The normalized spacial score (nSPS) is 12.6. The number of nitro benzene ring substituents is 1. The highest BCUT2D eigenvalue weighted by atomic mass is 19.4. The van der Waals surface area contributed by atoms with Crippen molar-refractivity contribution in [1.29, 1.82) is 0 Å². The van der Waals surface area contributed by atoms with E-state index in [1.807, 2.05) is 0 Å². The number of carbonyl (C=O) groups is 1. The number of hydrogen-bond acceptors (Lipinski definition) is 4. The van der Waals surface area contributed by atoms with Crippen molar-refractivity contribution >= 4 is 17.4 Å². The first kappa shape index (κ1) is 17.7. The summed E-state index contributed by atoms with van der Waals surface area (Å²) in [6, 6.07) is 1.39. The van der Waals surface area contributed by atoms with Crippen molar-refractivity contribution in [3.05, 3.63) is 33.9 Å². The Bertz CT molecular complexity index is 561. The molecule has 0 saturated carbocycles. The molecule has 22 heavy (non-hydrogen) atoms. The van der Waals surface area contributed by atoms with Gasteiger partial charge in [-0.3, -0.25) is 10.1 Å². The van der Waals surface area contributed by atoms with Crippen LogP contribution < -0.4 is 10.6 Å². The number of aliphatic hydroxyl groups excluding tert-OH is 1. The number of hydrogen-bond donors (Lipinski definition) is 3. The zero-order chi connectivity index (χ0) is 16.9. The summed E-state index contributed by atoms with van der Waals surface area (Å²) >= 11 is 0.